The Balaban J connectivity index is 1.46. The van der Waals surface area contributed by atoms with Gasteiger partial charge in [-0.1, -0.05) is 48.5 Å². The molecule has 1 saturated carbocycles. The van der Waals surface area contributed by atoms with Crippen molar-refractivity contribution in [2.75, 3.05) is 13.2 Å². The molecule has 0 spiro atoms. The van der Waals surface area contributed by atoms with Crippen LogP contribution in [0.2, 0.25) is 0 Å². The van der Waals surface area contributed by atoms with Crippen LogP contribution >= 0.6 is 0 Å². The summed E-state index contributed by atoms with van der Waals surface area (Å²) in [6, 6.07) is 13.9. The molecular formula is C26H28N2O7. The normalized spacial score (nSPS) is 16.7. The molecule has 9 nitrogen and oxygen atoms in total. The number of carboxylic acids is 1. The van der Waals surface area contributed by atoms with Crippen molar-refractivity contribution < 1.29 is 33.8 Å². The lowest BCUT2D eigenvalue weighted by Gasteiger charge is -2.28. The molecule has 2 amide bonds. The Bertz CT molecular complexity index is 1110. The van der Waals surface area contributed by atoms with Gasteiger partial charge in [0.05, 0.1) is 6.61 Å². The number of hydrogen-bond donors (Lipinski definition) is 3. The molecule has 2 aliphatic rings. The van der Waals surface area contributed by atoms with E-state index in [-0.39, 0.29) is 25.0 Å². The molecule has 9 heteroatoms. The molecule has 2 atom stereocenters. The first-order valence-electron chi connectivity index (χ1n) is 11.6. The first-order chi connectivity index (χ1) is 16.8. The molecule has 35 heavy (non-hydrogen) atoms. The third-order valence-corrected chi connectivity index (χ3v) is 6.61. The van der Waals surface area contributed by atoms with E-state index in [0.717, 1.165) is 22.3 Å². The molecule has 0 heterocycles. The fourth-order valence-electron chi connectivity index (χ4n) is 4.53. The Hall–Kier alpha value is -3.88. The van der Waals surface area contributed by atoms with Crippen LogP contribution in [0.3, 0.4) is 0 Å². The molecule has 2 aromatic carbocycles. The molecule has 184 valence electrons. The number of carboxylic acid groups (broad SMARTS) is 1. The van der Waals surface area contributed by atoms with E-state index in [4.69, 9.17) is 9.47 Å². The molecule has 3 N–H and O–H groups in total. The molecule has 2 aromatic rings. The molecule has 0 saturated heterocycles. The van der Waals surface area contributed by atoms with Gasteiger partial charge in [-0.3, -0.25) is 10.1 Å². The summed E-state index contributed by atoms with van der Waals surface area (Å²) in [4.78, 5) is 49.8. The molecular weight excluding hydrogens is 452 g/mol. The smallest absolute Gasteiger partial charge is 0.408 e. The lowest BCUT2D eigenvalue weighted by Crippen LogP contribution is -2.61. The average molecular weight is 481 g/mol. The van der Waals surface area contributed by atoms with Gasteiger partial charge in [0.15, 0.2) is 0 Å². The van der Waals surface area contributed by atoms with Crippen LogP contribution in [0.25, 0.3) is 11.1 Å². The van der Waals surface area contributed by atoms with E-state index in [0.29, 0.717) is 12.8 Å². The van der Waals surface area contributed by atoms with Gasteiger partial charge >= 0.3 is 18.0 Å². The van der Waals surface area contributed by atoms with Crippen molar-refractivity contribution in [2.24, 2.45) is 5.92 Å². The van der Waals surface area contributed by atoms with Crippen molar-refractivity contribution in [3.05, 3.63) is 59.7 Å². The molecule has 1 fully saturated rings. The second kappa shape index (κ2) is 9.77. The SMILES string of the molecule is CCOC(=O)C(NC(=O)OCC1c2ccccc2-c2ccccc21)C(=O)NC(C)(C(=O)O)C1CC1. The minimum absolute atomic E-state index is 0.00800. The van der Waals surface area contributed by atoms with Gasteiger partial charge in [-0.25, -0.2) is 14.4 Å². The Kier molecular flexibility index (Phi) is 6.77. The van der Waals surface area contributed by atoms with Crippen LogP contribution < -0.4 is 10.6 Å². The Morgan fingerprint density at radius 1 is 1.00 bits per heavy atom. The second-order valence-corrected chi connectivity index (χ2v) is 8.93. The van der Waals surface area contributed by atoms with Gasteiger partial charge < -0.3 is 19.9 Å². The van der Waals surface area contributed by atoms with Gasteiger partial charge in [0, 0.05) is 5.92 Å². The quantitative estimate of drug-likeness (QED) is 0.372. The van der Waals surface area contributed by atoms with Crippen molar-refractivity contribution in [3.8, 4) is 11.1 Å². The fourth-order valence-corrected chi connectivity index (χ4v) is 4.53. The van der Waals surface area contributed by atoms with E-state index in [9.17, 15) is 24.3 Å². The van der Waals surface area contributed by atoms with Crippen molar-refractivity contribution >= 4 is 23.9 Å². The first-order valence-corrected chi connectivity index (χ1v) is 11.6. The van der Waals surface area contributed by atoms with E-state index in [1.165, 1.54) is 6.92 Å². The zero-order valence-electron chi connectivity index (χ0n) is 19.6. The molecule has 2 unspecified atom stereocenters. The van der Waals surface area contributed by atoms with Gasteiger partial charge in [-0.05, 0) is 54.9 Å². The predicted molar refractivity (Wildman–Crippen MR) is 126 cm³/mol. The van der Waals surface area contributed by atoms with Crippen LogP contribution in [-0.2, 0) is 23.9 Å². The van der Waals surface area contributed by atoms with Crippen molar-refractivity contribution in [2.45, 2.75) is 44.2 Å². The van der Waals surface area contributed by atoms with Gasteiger partial charge in [-0.15, -0.1) is 0 Å². The summed E-state index contributed by atoms with van der Waals surface area (Å²) in [6.07, 6.45) is 0.309. The zero-order valence-corrected chi connectivity index (χ0v) is 19.6. The number of alkyl carbamates (subject to hydrolysis) is 1. The predicted octanol–water partition coefficient (Wildman–Crippen LogP) is 2.83. The van der Waals surface area contributed by atoms with E-state index >= 15 is 0 Å². The fraction of sp³-hybridized carbons (Fsp3) is 0.385. The molecule has 4 rings (SSSR count). The summed E-state index contributed by atoms with van der Waals surface area (Å²) in [5, 5.41) is 14.3. The number of nitrogens with one attached hydrogen (secondary N) is 2. The summed E-state index contributed by atoms with van der Waals surface area (Å²) in [5.74, 6) is -3.62. The number of carbonyl (C=O) groups excluding carboxylic acids is 3. The standard InChI is InChI=1S/C26H28N2O7/c1-3-34-23(30)21(22(29)28-26(2,24(31)32)15-12-13-15)27-25(33)35-14-20-18-10-6-4-8-16(18)17-9-5-7-11-19(17)20/h4-11,15,20-21H,3,12-14H2,1-2H3,(H,27,33)(H,28,29)(H,31,32). The highest BCUT2D eigenvalue weighted by molar-refractivity contribution is 6.05. The number of aliphatic carboxylic acids is 1. The number of rotatable bonds is 9. The van der Waals surface area contributed by atoms with E-state index in [1.807, 2.05) is 48.5 Å². The maximum atomic E-state index is 12.9. The molecule has 0 aromatic heterocycles. The van der Waals surface area contributed by atoms with Crippen LogP contribution in [0.1, 0.15) is 43.7 Å². The molecule has 0 bridgehead atoms. The summed E-state index contributed by atoms with van der Waals surface area (Å²) in [7, 11) is 0. The van der Waals surface area contributed by atoms with Gasteiger partial charge in [-0.2, -0.15) is 0 Å². The number of hydrogen-bond acceptors (Lipinski definition) is 6. The number of fused-ring (bicyclic) bond motifs is 3. The lowest BCUT2D eigenvalue weighted by molar-refractivity contribution is -0.153. The van der Waals surface area contributed by atoms with E-state index in [1.54, 1.807) is 6.92 Å². The van der Waals surface area contributed by atoms with Crippen molar-refractivity contribution in [1.29, 1.82) is 0 Å². The Morgan fingerprint density at radius 3 is 2.09 bits per heavy atom. The number of esters is 1. The van der Waals surface area contributed by atoms with E-state index < -0.39 is 35.5 Å². The van der Waals surface area contributed by atoms with Crippen LogP contribution in [0.15, 0.2) is 48.5 Å². The first kappa shape index (κ1) is 24.3. The summed E-state index contributed by atoms with van der Waals surface area (Å²) < 4.78 is 10.4. The number of ether oxygens (including phenoxy) is 2. The summed E-state index contributed by atoms with van der Waals surface area (Å²) >= 11 is 0. The number of carbonyl (C=O) groups is 4. The molecule has 2 aliphatic carbocycles. The Labute approximate surface area is 202 Å². The maximum Gasteiger partial charge on any atom is 0.408 e. The average Bonchev–Trinajstić information content (AvgIpc) is 3.65. The number of amides is 2. The van der Waals surface area contributed by atoms with Crippen LogP contribution in [-0.4, -0.2) is 53.8 Å². The van der Waals surface area contributed by atoms with Crippen LogP contribution in [0.5, 0.6) is 0 Å². The van der Waals surface area contributed by atoms with Crippen LogP contribution in [0.4, 0.5) is 4.79 Å². The topological polar surface area (TPSA) is 131 Å². The zero-order chi connectivity index (χ0) is 25.2. The van der Waals surface area contributed by atoms with Gasteiger partial charge in [0.2, 0.25) is 6.04 Å². The third-order valence-electron chi connectivity index (χ3n) is 6.61. The monoisotopic (exact) mass is 480 g/mol. The maximum absolute atomic E-state index is 12.9. The van der Waals surface area contributed by atoms with Crippen molar-refractivity contribution in [3.63, 3.8) is 0 Å². The Morgan fingerprint density at radius 2 is 1.57 bits per heavy atom. The largest absolute Gasteiger partial charge is 0.480 e. The van der Waals surface area contributed by atoms with Crippen molar-refractivity contribution in [1.82, 2.24) is 10.6 Å². The lowest BCUT2D eigenvalue weighted by atomic mass is 9.95. The third kappa shape index (κ3) is 4.84. The van der Waals surface area contributed by atoms with E-state index in [2.05, 4.69) is 10.6 Å². The number of benzene rings is 2. The van der Waals surface area contributed by atoms with Crippen LogP contribution in [0, 0.1) is 5.92 Å². The molecule has 0 radical (unpaired) electrons. The summed E-state index contributed by atoms with van der Waals surface area (Å²) in [6.45, 7) is 2.92. The highest BCUT2D eigenvalue weighted by atomic mass is 16.6. The highest BCUT2D eigenvalue weighted by Crippen LogP contribution is 2.44. The van der Waals surface area contributed by atoms with Gasteiger partial charge in [0.25, 0.3) is 5.91 Å². The summed E-state index contributed by atoms with van der Waals surface area (Å²) in [5.41, 5.74) is 2.61. The minimum atomic E-state index is -1.75. The second-order valence-electron chi connectivity index (χ2n) is 8.93. The van der Waals surface area contributed by atoms with Gasteiger partial charge in [0.1, 0.15) is 12.1 Å². The highest BCUT2D eigenvalue weighted by Gasteiger charge is 2.50. The minimum Gasteiger partial charge on any atom is -0.480 e. The molecule has 0 aliphatic heterocycles.